The molecule has 9 heteroatoms. The van der Waals surface area contributed by atoms with Crippen LogP contribution in [0.1, 0.15) is 18.1 Å². The summed E-state index contributed by atoms with van der Waals surface area (Å²) in [5.74, 6) is -0.781. The lowest BCUT2D eigenvalue weighted by atomic mass is 10.1. The Bertz CT molecular complexity index is 1620. The summed E-state index contributed by atoms with van der Waals surface area (Å²) in [6.07, 6.45) is 3.90. The van der Waals surface area contributed by atoms with Gasteiger partial charge in [-0.2, -0.15) is 0 Å². The quantitative estimate of drug-likeness (QED) is 0.217. The number of fused-ring (bicyclic) bond motifs is 1. The molecule has 0 amide bonds. The first-order valence-corrected chi connectivity index (χ1v) is 14.1. The molecular weight excluding hydrogens is 607 g/mol. The van der Waals surface area contributed by atoms with Crippen LogP contribution in [-0.4, -0.2) is 27.3 Å². The molecule has 0 aliphatic carbocycles. The molecule has 1 aromatic heterocycles. The van der Waals surface area contributed by atoms with Crippen LogP contribution in [0.15, 0.2) is 98.6 Å². The van der Waals surface area contributed by atoms with Gasteiger partial charge in [0, 0.05) is 43.7 Å². The Morgan fingerprint density at radius 3 is 2.45 bits per heavy atom. The molecule has 3 aromatic carbocycles. The summed E-state index contributed by atoms with van der Waals surface area (Å²) in [5, 5.41) is 13.8. The molecule has 0 unspecified atom stereocenters. The van der Waals surface area contributed by atoms with Gasteiger partial charge < -0.3 is 14.4 Å². The molecule has 2 heterocycles. The number of aliphatic hydroxyl groups excluding tert-OH is 1. The van der Waals surface area contributed by atoms with Crippen molar-refractivity contribution in [2.75, 3.05) is 6.61 Å². The van der Waals surface area contributed by atoms with Gasteiger partial charge in [0.1, 0.15) is 16.4 Å². The smallest absolute Gasteiger partial charge is 0.344 e. The Hall–Kier alpha value is -2.97. The number of rotatable bonds is 6. The van der Waals surface area contributed by atoms with Gasteiger partial charge in [-0.3, -0.25) is 0 Å². The maximum Gasteiger partial charge on any atom is 0.344 e. The summed E-state index contributed by atoms with van der Waals surface area (Å²) >= 11 is 16.9. The minimum Gasteiger partial charge on any atom is -0.506 e. The van der Waals surface area contributed by atoms with Crippen LogP contribution in [0.3, 0.4) is 0 Å². The van der Waals surface area contributed by atoms with Gasteiger partial charge in [0.2, 0.25) is 0 Å². The van der Waals surface area contributed by atoms with Crippen LogP contribution in [0.4, 0.5) is 5.69 Å². The molecule has 5 rings (SSSR count). The molecule has 192 valence electrons. The maximum atomic E-state index is 12.8. The van der Waals surface area contributed by atoms with Crippen LogP contribution in [0.5, 0.6) is 0 Å². The third-order valence-corrected chi connectivity index (χ3v) is 7.87. The molecular formula is C29H21BrCl2N2O3S. The number of nitrogens with zero attached hydrogens (tertiary/aromatic N) is 2. The van der Waals surface area contributed by atoms with Gasteiger partial charge in [0.15, 0.2) is 0 Å². The number of aliphatic hydroxyl groups is 1. The van der Waals surface area contributed by atoms with E-state index >= 15 is 0 Å². The number of halogens is 3. The second-order valence-electron chi connectivity index (χ2n) is 8.45. The number of hydrogen-bond donors (Lipinski definition) is 1. The second-order valence-corrected chi connectivity index (χ2v) is 11.3. The summed E-state index contributed by atoms with van der Waals surface area (Å²) in [4.78, 5) is 17.9. The number of benzene rings is 3. The fourth-order valence-corrected chi connectivity index (χ4v) is 5.73. The van der Waals surface area contributed by atoms with Crippen molar-refractivity contribution in [1.82, 2.24) is 4.57 Å². The zero-order valence-corrected chi connectivity index (χ0v) is 24.0. The normalized spacial score (nSPS) is 15.7. The number of thioether (sulfide) groups is 1. The third kappa shape index (κ3) is 5.71. The molecule has 0 spiro atoms. The van der Waals surface area contributed by atoms with Crippen molar-refractivity contribution < 1.29 is 14.6 Å². The lowest BCUT2D eigenvalue weighted by molar-refractivity contribution is -0.138. The van der Waals surface area contributed by atoms with Crippen molar-refractivity contribution in [3.8, 4) is 0 Å². The zero-order valence-electron chi connectivity index (χ0n) is 20.1. The van der Waals surface area contributed by atoms with Crippen LogP contribution in [0.25, 0.3) is 17.0 Å². The van der Waals surface area contributed by atoms with Gasteiger partial charge in [0.05, 0.1) is 17.2 Å². The van der Waals surface area contributed by atoms with E-state index in [0.717, 1.165) is 26.5 Å². The summed E-state index contributed by atoms with van der Waals surface area (Å²) in [6.45, 7) is 2.54. The van der Waals surface area contributed by atoms with Crippen molar-refractivity contribution in [2.24, 2.45) is 4.99 Å². The van der Waals surface area contributed by atoms with E-state index in [1.807, 2.05) is 54.7 Å². The third-order valence-electron chi connectivity index (χ3n) is 5.85. The maximum absolute atomic E-state index is 12.8. The average molecular weight is 628 g/mol. The minimum absolute atomic E-state index is 0.0455. The number of esters is 1. The number of carbonyl (C=O) groups is 1. The summed E-state index contributed by atoms with van der Waals surface area (Å²) in [7, 11) is 0. The second kappa shape index (κ2) is 11.4. The van der Waals surface area contributed by atoms with Crippen LogP contribution in [0, 0.1) is 0 Å². The Kier molecular flexibility index (Phi) is 8.00. The Labute approximate surface area is 242 Å². The highest BCUT2D eigenvalue weighted by Crippen LogP contribution is 2.41. The lowest BCUT2D eigenvalue weighted by Gasteiger charge is -2.06. The first kappa shape index (κ1) is 26.6. The molecule has 0 saturated carbocycles. The van der Waals surface area contributed by atoms with E-state index in [4.69, 9.17) is 27.9 Å². The van der Waals surface area contributed by atoms with E-state index in [9.17, 15) is 9.90 Å². The molecule has 38 heavy (non-hydrogen) atoms. The van der Waals surface area contributed by atoms with Gasteiger partial charge in [-0.25, -0.2) is 9.79 Å². The van der Waals surface area contributed by atoms with Gasteiger partial charge in [-0.15, -0.1) is 0 Å². The average Bonchev–Trinajstić information content (AvgIpc) is 3.38. The zero-order chi connectivity index (χ0) is 26.8. The van der Waals surface area contributed by atoms with Crippen LogP contribution in [-0.2, 0) is 16.1 Å². The number of aliphatic imine (C=N–C) groups is 1. The molecule has 1 aliphatic rings. The van der Waals surface area contributed by atoms with E-state index in [2.05, 4.69) is 25.5 Å². The summed E-state index contributed by atoms with van der Waals surface area (Å²) in [6, 6.07) is 20.8. The summed E-state index contributed by atoms with van der Waals surface area (Å²) < 4.78 is 8.31. The molecule has 1 N–H and O–H groups in total. The molecule has 0 radical (unpaired) electrons. The van der Waals surface area contributed by atoms with Gasteiger partial charge in [-0.05, 0) is 73.2 Å². The molecule has 5 nitrogen and oxygen atoms in total. The largest absolute Gasteiger partial charge is 0.506 e. The highest BCUT2D eigenvalue weighted by Gasteiger charge is 2.33. The predicted molar refractivity (Wildman–Crippen MR) is 161 cm³/mol. The van der Waals surface area contributed by atoms with Crippen LogP contribution in [0.2, 0.25) is 10.0 Å². The Balaban J connectivity index is 1.58. The topological polar surface area (TPSA) is 63.8 Å². The summed E-state index contributed by atoms with van der Waals surface area (Å²) in [5.41, 5.74) is 3.68. The number of aromatic nitrogens is 1. The highest BCUT2D eigenvalue weighted by molar-refractivity contribution is 9.10. The SMILES string of the molecule is CCOC(=O)C1=C(O)/C(=C/c2cn(Cc3ccc(Cl)cc3)c3ccc(Br)cc23)SC1=Nc1ccc(Cl)cc1. The van der Waals surface area contributed by atoms with Gasteiger partial charge >= 0.3 is 5.97 Å². The van der Waals surface area contributed by atoms with Crippen molar-refractivity contribution in [2.45, 2.75) is 13.5 Å². The molecule has 4 aromatic rings. The van der Waals surface area contributed by atoms with Crippen LogP contribution >= 0.6 is 50.9 Å². The van der Waals surface area contributed by atoms with Gasteiger partial charge in [0.25, 0.3) is 0 Å². The fraction of sp³-hybridized carbons (Fsp3) is 0.103. The number of ether oxygens (including phenoxy) is 1. The van der Waals surface area contributed by atoms with Crippen molar-refractivity contribution in [3.63, 3.8) is 0 Å². The van der Waals surface area contributed by atoms with E-state index in [1.54, 1.807) is 31.2 Å². The monoisotopic (exact) mass is 626 g/mol. The molecule has 0 fully saturated rings. The first-order chi connectivity index (χ1) is 18.3. The van der Waals surface area contributed by atoms with Crippen molar-refractivity contribution in [3.05, 3.63) is 115 Å². The standard InChI is InChI=1S/C29H21BrCl2N2O3S/c1-2-37-29(36)26-27(35)25(38-28(26)33-22-10-8-21(32)9-11-22)13-18-16-34(15-17-3-6-20(31)7-4-17)24-12-5-19(30)14-23(18)24/h3-14,16,35H,2,15H2,1H3/b25-13-,33-28?. The van der Waals surface area contributed by atoms with Crippen molar-refractivity contribution in [1.29, 1.82) is 0 Å². The molecule has 0 atom stereocenters. The minimum atomic E-state index is -0.624. The molecule has 0 bridgehead atoms. The lowest BCUT2D eigenvalue weighted by Crippen LogP contribution is -2.12. The molecule has 1 aliphatic heterocycles. The number of hydrogen-bond acceptors (Lipinski definition) is 5. The van der Waals surface area contributed by atoms with Crippen molar-refractivity contribution >= 4 is 84.6 Å². The van der Waals surface area contributed by atoms with E-state index in [0.29, 0.717) is 32.2 Å². The van der Waals surface area contributed by atoms with E-state index in [-0.39, 0.29) is 17.9 Å². The molecule has 0 saturated heterocycles. The van der Waals surface area contributed by atoms with Gasteiger partial charge in [-0.1, -0.05) is 63.0 Å². The Morgan fingerprint density at radius 2 is 1.76 bits per heavy atom. The van der Waals surface area contributed by atoms with Crippen LogP contribution < -0.4 is 0 Å². The highest BCUT2D eigenvalue weighted by atomic mass is 79.9. The van der Waals surface area contributed by atoms with E-state index in [1.165, 1.54) is 11.8 Å². The predicted octanol–water partition coefficient (Wildman–Crippen LogP) is 8.95. The number of carbonyl (C=O) groups excluding carboxylic acids is 1. The Morgan fingerprint density at radius 1 is 1.08 bits per heavy atom. The first-order valence-electron chi connectivity index (χ1n) is 11.7. The fourth-order valence-electron chi connectivity index (χ4n) is 4.10. The van der Waals surface area contributed by atoms with E-state index < -0.39 is 5.97 Å².